The molecule has 1 aromatic carbocycles. The van der Waals surface area contributed by atoms with Crippen LogP contribution in [0.15, 0.2) is 24.3 Å². The normalized spacial score (nSPS) is 33.7. The van der Waals surface area contributed by atoms with Crippen molar-refractivity contribution in [2.24, 2.45) is 11.7 Å². The SMILES string of the molecule is CCC1CCN(C2CCC(C)c3ccccc32)C(CN)C1. The third-order valence-corrected chi connectivity index (χ3v) is 5.88. The molecule has 1 aliphatic heterocycles. The van der Waals surface area contributed by atoms with Crippen LogP contribution in [0.1, 0.15) is 69.0 Å². The summed E-state index contributed by atoms with van der Waals surface area (Å²) in [5.74, 6) is 1.59. The third kappa shape index (κ3) is 2.89. The molecule has 2 nitrogen and oxygen atoms in total. The molecule has 4 atom stereocenters. The second-order valence-electron chi connectivity index (χ2n) is 7.05. The van der Waals surface area contributed by atoms with Crippen molar-refractivity contribution in [3.05, 3.63) is 35.4 Å². The van der Waals surface area contributed by atoms with Crippen LogP contribution in [0.3, 0.4) is 0 Å². The first-order chi connectivity index (χ1) is 10.2. The minimum atomic E-state index is 0.579. The fourth-order valence-corrected chi connectivity index (χ4v) is 4.49. The molecular formula is C19H30N2. The van der Waals surface area contributed by atoms with Crippen LogP contribution in [0.4, 0.5) is 0 Å². The molecule has 21 heavy (non-hydrogen) atoms. The van der Waals surface area contributed by atoms with Crippen LogP contribution < -0.4 is 5.73 Å². The van der Waals surface area contributed by atoms with E-state index in [1.807, 2.05) is 0 Å². The summed E-state index contributed by atoms with van der Waals surface area (Å²) in [6.45, 7) is 6.74. The molecular weight excluding hydrogens is 256 g/mol. The predicted octanol–water partition coefficient (Wildman–Crippen LogP) is 4.07. The predicted molar refractivity (Wildman–Crippen MR) is 89.4 cm³/mol. The van der Waals surface area contributed by atoms with Crippen LogP contribution in [-0.4, -0.2) is 24.0 Å². The molecule has 1 heterocycles. The fourth-order valence-electron chi connectivity index (χ4n) is 4.49. The van der Waals surface area contributed by atoms with Crippen molar-refractivity contribution in [3.63, 3.8) is 0 Å². The van der Waals surface area contributed by atoms with Gasteiger partial charge in [0.25, 0.3) is 0 Å². The van der Waals surface area contributed by atoms with E-state index >= 15 is 0 Å². The van der Waals surface area contributed by atoms with Gasteiger partial charge in [0.15, 0.2) is 0 Å². The molecule has 0 amide bonds. The Hall–Kier alpha value is -0.860. The van der Waals surface area contributed by atoms with Crippen molar-refractivity contribution in [1.82, 2.24) is 4.90 Å². The summed E-state index contributed by atoms with van der Waals surface area (Å²) in [4.78, 5) is 2.73. The number of benzene rings is 1. The van der Waals surface area contributed by atoms with Gasteiger partial charge < -0.3 is 5.73 Å². The van der Waals surface area contributed by atoms with Gasteiger partial charge in [-0.3, -0.25) is 4.90 Å². The van der Waals surface area contributed by atoms with Gasteiger partial charge in [-0.2, -0.15) is 0 Å². The molecule has 116 valence electrons. The maximum absolute atomic E-state index is 6.12. The van der Waals surface area contributed by atoms with Gasteiger partial charge in [-0.15, -0.1) is 0 Å². The molecule has 3 rings (SSSR count). The molecule has 0 saturated carbocycles. The van der Waals surface area contributed by atoms with Crippen LogP contribution in [0.2, 0.25) is 0 Å². The van der Waals surface area contributed by atoms with Crippen LogP contribution in [-0.2, 0) is 0 Å². The largest absolute Gasteiger partial charge is 0.329 e. The van der Waals surface area contributed by atoms with Crippen LogP contribution in [0.5, 0.6) is 0 Å². The van der Waals surface area contributed by atoms with E-state index in [1.165, 1.54) is 38.6 Å². The average molecular weight is 286 g/mol. The maximum Gasteiger partial charge on any atom is 0.0354 e. The van der Waals surface area contributed by atoms with Gasteiger partial charge >= 0.3 is 0 Å². The first-order valence-electron chi connectivity index (χ1n) is 8.79. The maximum atomic E-state index is 6.12. The van der Waals surface area contributed by atoms with E-state index in [9.17, 15) is 0 Å². The van der Waals surface area contributed by atoms with Crippen LogP contribution in [0, 0.1) is 5.92 Å². The van der Waals surface area contributed by atoms with Crippen molar-refractivity contribution >= 4 is 0 Å². The van der Waals surface area contributed by atoms with Gasteiger partial charge in [0.2, 0.25) is 0 Å². The standard InChI is InChI=1S/C19H30N2/c1-3-15-10-11-21(16(12-15)13-20)19-9-8-14(2)17-6-4-5-7-18(17)19/h4-7,14-16,19H,3,8-13,20H2,1-2H3. The monoisotopic (exact) mass is 286 g/mol. The highest BCUT2D eigenvalue weighted by atomic mass is 15.2. The highest BCUT2D eigenvalue weighted by Crippen LogP contribution is 2.42. The second-order valence-corrected chi connectivity index (χ2v) is 7.05. The summed E-state index contributed by atoms with van der Waals surface area (Å²) in [6, 6.07) is 10.3. The topological polar surface area (TPSA) is 29.3 Å². The van der Waals surface area contributed by atoms with Crippen molar-refractivity contribution in [2.75, 3.05) is 13.1 Å². The summed E-state index contributed by atoms with van der Waals surface area (Å²) >= 11 is 0. The Kier molecular flexibility index (Phi) is 4.66. The van der Waals surface area contributed by atoms with Gasteiger partial charge in [0, 0.05) is 18.6 Å². The summed E-state index contributed by atoms with van der Waals surface area (Å²) in [5.41, 5.74) is 9.27. The number of fused-ring (bicyclic) bond motifs is 1. The minimum absolute atomic E-state index is 0.579. The molecule has 1 fully saturated rings. The van der Waals surface area contributed by atoms with Gasteiger partial charge in [0.1, 0.15) is 0 Å². The van der Waals surface area contributed by atoms with E-state index in [4.69, 9.17) is 5.73 Å². The lowest BCUT2D eigenvalue weighted by Gasteiger charge is -2.46. The Morgan fingerprint density at radius 2 is 1.90 bits per heavy atom. The van der Waals surface area contributed by atoms with E-state index < -0.39 is 0 Å². The van der Waals surface area contributed by atoms with E-state index in [0.717, 1.165) is 12.5 Å². The quantitative estimate of drug-likeness (QED) is 0.907. The lowest BCUT2D eigenvalue weighted by molar-refractivity contribution is 0.0601. The summed E-state index contributed by atoms with van der Waals surface area (Å²) in [6.07, 6.45) is 6.56. The summed E-state index contributed by atoms with van der Waals surface area (Å²) < 4.78 is 0. The first kappa shape index (κ1) is 15.1. The highest BCUT2D eigenvalue weighted by molar-refractivity contribution is 5.35. The summed E-state index contributed by atoms with van der Waals surface area (Å²) in [7, 11) is 0. The number of nitrogens with two attached hydrogens (primary N) is 1. The summed E-state index contributed by atoms with van der Waals surface area (Å²) in [5, 5.41) is 0. The van der Waals surface area contributed by atoms with Crippen molar-refractivity contribution < 1.29 is 0 Å². The molecule has 1 aromatic rings. The van der Waals surface area contributed by atoms with E-state index in [-0.39, 0.29) is 0 Å². The molecule has 1 saturated heterocycles. The van der Waals surface area contributed by atoms with Crippen LogP contribution in [0.25, 0.3) is 0 Å². The van der Waals surface area contributed by atoms with E-state index in [0.29, 0.717) is 18.0 Å². The molecule has 2 N–H and O–H groups in total. The molecule has 1 aliphatic carbocycles. The Bertz CT molecular complexity index is 470. The highest BCUT2D eigenvalue weighted by Gasteiger charge is 2.35. The third-order valence-electron chi connectivity index (χ3n) is 5.88. The number of nitrogens with zero attached hydrogens (tertiary/aromatic N) is 1. The molecule has 0 spiro atoms. The molecule has 2 heteroatoms. The van der Waals surface area contributed by atoms with Crippen LogP contribution >= 0.6 is 0 Å². The zero-order valence-corrected chi connectivity index (χ0v) is 13.6. The van der Waals surface area contributed by atoms with Crippen molar-refractivity contribution in [2.45, 2.75) is 64.0 Å². The fraction of sp³-hybridized carbons (Fsp3) is 0.684. The smallest absolute Gasteiger partial charge is 0.0354 e. The minimum Gasteiger partial charge on any atom is -0.329 e. The second kappa shape index (κ2) is 6.50. The van der Waals surface area contributed by atoms with Gasteiger partial charge in [-0.25, -0.2) is 0 Å². The van der Waals surface area contributed by atoms with Gasteiger partial charge in [-0.1, -0.05) is 44.5 Å². The first-order valence-corrected chi connectivity index (χ1v) is 8.79. The molecule has 4 unspecified atom stereocenters. The number of piperidine rings is 1. The molecule has 2 aliphatic rings. The van der Waals surface area contributed by atoms with E-state index in [2.05, 4.69) is 43.0 Å². The number of hydrogen-bond donors (Lipinski definition) is 1. The molecule has 0 aromatic heterocycles. The Balaban J connectivity index is 1.85. The zero-order chi connectivity index (χ0) is 14.8. The number of likely N-dealkylation sites (tertiary alicyclic amines) is 1. The Morgan fingerprint density at radius 3 is 2.62 bits per heavy atom. The van der Waals surface area contributed by atoms with Crippen molar-refractivity contribution in [1.29, 1.82) is 0 Å². The van der Waals surface area contributed by atoms with Gasteiger partial charge in [0.05, 0.1) is 0 Å². The number of rotatable bonds is 3. The lowest BCUT2D eigenvalue weighted by atomic mass is 9.78. The molecule has 0 radical (unpaired) electrons. The van der Waals surface area contributed by atoms with Gasteiger partial charge in [-0.05, 0) is 55.2 Å². The molecule has 0 bridgehead atoms. The van der Waals surface area contributed by atoms with Crippen molar-refractivity contribution in [3.8, 4) is 0 Å². The average Bonchev–Trinajstić information content (AvgIpc) is 2.55. The Morgan fingerprint density at radius 1 is 1.14 bits per heavy atom. The Labute approximate surface area is 129 Å². The lowest BCUT2D eigenvalue weighted by Crippen LogP contribution is -2.48. The van der Waals surface area contributed by atoms with E-state index in [1.54, 1.807) is 11.1 Å². The number of hydrogen-bond acceptors (Lipinski definition) is 2. The zero-order valence-electron chi connectivity index (χ0n) is 13.6.